The van der Waals surface area contributed by atoms with E-state index in [0.29, 0.717) is 55.7 Å². The first-order chi connectivity index (χ1) is 24.3. The molecule has 2 aromatic carbocycles. The second-order valence-electron chi connectivity index (χ2n) is 13.9. The third-order valence-electron chi connectivity index (χ3n) is 9.94. The van der Waals surface area contributed by atoms with Crippen molar-refractivity contribution in [3.63, 3.8) is 0 Å². The molecule has 0 bridgehead atoms. The molecule has 1 aliphatic heterocycles. The van der Waals surface area contributed by atoms with Crippen LogP contribution < -0.4 is 19.7 Å². The van der Waals surface area contributed by atoms with E-state index in [1.54, 1.807) is 33.7 Å². The zero-order chi connectivity index (χ0) is 36.9. The summed E-state index contributed by atoms with van der Waals surface area (Å²) in [7, 11) is 0.948. The first-order valence-corrected chi connectivity index (χ1v) is 19.8. The maximum Gasteiger partial charge on any atom is 0.326 e. The van der Waals surface area contributed by atoms with Gasteiger partial charge in [0, 0.05) is 67.4 Å². The van der Waals surface area contributed by atoms with E-state index in [1.807, 2.05) is 49.5 Å². The highest BCUT2D eigenvalue weighted by Gasteiger charge is 2.43. The van der Waals surface area contributed by atoms with Gasteiger partial charge in [0.05, 0.1) is 19.9 Å². The van der Waals surface area contributed by atoms with Crippen molar-refractivity contribution < 1.29 is 27.5 Å². The van der Waals surface area contributed by atoms with Gasteiger partial charge in [-0.3, -0.25) is 4.90 Å². The predicted molar refractivity (Wildman–Crippen MR) is 200 cm³/mol. The number of carbonyl (C=O) groups is 1. The van der Waals surface area contributed by atoms with Crippen molar-refractivity contribution in [2.45, 2.75) is 78.1 Å². The maximum atomic E-state index is 14.3. The number of ether oxygens (including phenoxy) is 2. The molecule has 0 atom stereocenters. The lowest BCUT2D eigenvalue weighted by molar-refractivity contribution is 0.152. The number of alkyl halides is 2. The number of halogens is 2. The molecule has 2 aromatic heterocycles. The molecule has 0 spiro atoms. The fourth-order valence-electron chi connectivity index (χ4n) is 6.89. The monoisotopic (exact) mass is 720 g/mol. The average molecular weight is 721 g/mol. The number of rotatable bonds is 15. The van der Waals surface area contributed by atoms with E-state index in [2.05, 4.69) is 39.9 Å². The normalized spacial score (nSPS) is 13.7. The van der Waals surface area contributed by atoms with E-state index < -0.39 is 14.7 Å². The van der Waals surface area contributed by atoms with Gasteiger partial charge in [0.2, 0.25) is 0 Å². The van der Waals surface area contributed by atoms with Gasteiger partial charge in [0.1, 0.15) is 17.3 Å². The highest BCUT2D eigenvalue weighted by Crippen LogP contribution is 2.42. The van der Waals surface area contributed by atoms with Crippen LogP contribution in [-0.2, 0) is 17.4 Å². The number of anilines is 3. The lowest BCUT2D eigenvalue weighted by Crippen LogP contribution is -2.46. The molecule has 13 heteroatoms. The van der Waals surface area contributed by atoms with Crippen molar-refractivity contribution >= 4 is 31.7 Å². The number of nitrogens with zero attached hydrogens (tertiary/aromatic N) is 5. The van der Waals surface area contributed by atoms with Gasteiger partial charge in [-0.2, -0.15) is 0 Å². The minimum absolute atomic E-state index is 0.0294. The summed E-state index contributed by atoms with van der Waals surface area (Å²) in [5.74, 6) is 2.07. The molecule has 0 saturated carbocycles. The molecule has 0 radical (unpaired) electrons. The van der Waals surface area contributed by atoms with Crippen LogP contribution in [0.2, 0.25) is 17.1 Å². The summed E-state index contributed by atoms with van der Waals surface area (Å²) < 4.78 is 47.6. The average Bonchev–Trinajstić information content (AvgIpc) is 3.74. The Kier molecular flexibility index (Phi) is 11.7. The fourth-order valence-corrected chi connectivity index (χ4v) is 10.8. The second-order valence-corrected chi connectivity index (χ2v) is 19.1. The van der Waals surface area contributed by atoms with Crippen LogP contribution in [0.1, 0.15) is 63.4 Å². The number of amides is 2. The Balaban J connectivity index is 1.48. The third kappa shape index (κ3) is 8.20. The lowest BCUT2D eigenvalue weighted by Gasteiger charge is -2.41. The van der Waals surface area contributed by atoms with Crippen LogP contribution in [0.3, 0.4) is 0 Å². The molecule has 0 aliphatic carbocycles. The molecule has 10 nitrogen and oxygen atoms in total. The molecule has 2 amide bonds. The Morgan fingerprint density at radius 3 is 2.27 bits per heavy atom. The number of urea groups is 1. The van der Waals surface area contributed by atoms with Gasteiger partial charge in [-0.15, -0.1) is 5.10 Å². The Morgan fingerprint density at radius 2 is 1.65 bits per heavy atom. The summed E-state index contributed by atoms with van der Waals surface area (Å²) in [5, 5.41) is 8.13. The quantitative estimate of drug-likeness (QED) is 0.123. The van der Waals surface area contributed by atoms with Crippen LogP contribution in [0.5, 0.6) is 11.5 Å². The highest BCUT2D eigenvalue weighted by atomic mass is 28.4. The molecule has 1 aliphatic rings. The predicted octanol–water partition coefficient (Wildman–Crippen LogP) is 9.06. The molecule has 5 rings (SSSR count). The minimum atomic E-state index is -2.73. The number of carbonyl (C=O) groups excluding carboxylic acids is 1. The van der Waals surface area contributed by atoms with Crippen molar-refractivity contribution in [3.05, 3.63) is 83.2 Å². The molecule has 4 aromatic rings. The second kappa shape index (κ2) is 15.8. The van der Waals surface area contributed by atoms with Gasteiger partial charge in [0.25, 0.3) is 6.43 Å². The van der Waals surface area contributed by atoms with Gasteiger partial charge >= 0.3 is 6.03 Å². The summed E-state index contributed by atoms with van der Waals surface area (Å²) in [6, 6.07) is 17.8. The molecule has 0 unspecified atom stereocenters. The van der Waals surface area contributed by atoms with Crippen molar-refractivity contribution in [2.24, 2.45) is 0 Å². The molecule has 51 heavy (non-hydrogen) atoms. The van der Waals surface area contributed by atoms with E-state index in [9.17, 15) is 13.6 Å². The van der Waals surface area contributed by atoms with Crippen molar-refractivity contribution in [1.82, 2.24) is 19.7 Å². The highest BCUT2D eigenvalue weighted by molar-refractivity contribution is 6.76. The molecule has 1 fully saturated rings. The largest absolute Gasteiger partial charge is 0.497 e. The first kappa shape index (κ1) is 37.8. The number of benzene rings is 2. The van der Waals surface area contributed by atoms with Crippen LogP contribution in [0.4, 0.5) is 30.9 Å². The van der Waals surface area contributed by atoms with Gasteiger partial charge in [-0.25, -0.2) is 23.2 Å². The van der Waals surface area contributed by atoms with Crippen molar-refractivity contribution in [2.75, 3.05) is 44.1 Å². The van der Waals surface area contributed by atoms with E-state index in [1.165, 1.54) is 13.2 Å². The molecule has 1 saturated heterocycles. The number of hydrogen-bond acceptors (Lipinski definition) is 7. The van der Waals surface area contributed by atoms with E-state index >= 15 is 0 Å². The Hall–Kier alpha value is -4.49. The van der Waals surface area contributed by atoms with Crippen LogP contribution in [0.15, 0.2) is 60.8 Å². The van der Waals surface area contributed by atoms with Crippen LogP contribution in [0, 0.1) is 6.92 Å². The first-order valence-electron chi connectivity index (χ1n) is 17.5. The van der Waals surface area contributed by atoms with E-state index in [4.69, 9.17) is 24.0 Å². The summed E-state index contributed by atoms with van der Waals surface area (Å²) in [5.41, 5.74) is 3.22. The van der Waals surface area contributed by atoms with Gasteiger partial charge in [-0.05, 0) is 66.0 Å². The number of aromatic nitrogens is 3. The maximum absolute atomic E-state index is 14.3. The minimum Gasteiger partial charge on any atom is -0.497 e. The molecule has 274 valence electrons. The molecule has 3 heterocycles. The Labute approximate surface area is 300 Å². The Bertz CT molecular complexity index is 1810. The molecular formula is C38H50F2N6O4Si. The van der Waals surface area contributed by atoms with Gasteiger partial charge in [0.15, 0.2) is 14.1 Å². The number of hydrogen-bond donors (Lipinski definition) is 1. The Morgan fingerprint density at radius 1 is 0.961 bits per heavy atom. The zero-order valence-corrected chi connectivity index (χ0v) is 31.9. The summed E-state index contributed by atoms with van der Waals surface area (Å²) in [6.45, 7) is 15.0. The van der Waals surface area contributed by atoms with Crippen molar-refractivity contribution in [1.29, 1.82) is 0 Å². The topological polar surface area (TPSA) is 94.0 Å². The van der Waals surface area contributed by atoms with E-state index in [0.717, 1.165) is 34.7 Å². The standard InChI is InChI=1S/C38H50F2N6O4Si/c1-9-51(10-2,38(4,5)6)50-22-18-30-33(23-26(3)41-36(30)42-32-16-15-29(49-8)24-31(32)35(39)40)46-19-17-34(43-46)45-21-20-44(37(45)47)25-27-11-13-28(48-7)14-12-27/h11-17,19,23-24,35H,9-10,18,20-22,25H2,1-8H3,(H,41,42). The van der Waals surface area contributed by atoms with Crippen LogP contribution in [0.25, 0.3) is 5.69 Å². The zero-order valence-electron chi connectivity index (χ0n) is 30.9. The summed E-state index contributed by atoms with van der Waals surface area (Å²) in [6.07, 6.45) is -0.451. The molecular weight excluding hydrogens is 671 g/mol. The van der Waals surface area contributed by atoms with Crippen molar-refractivity contribution in [3.8, 4) is 17.2 Å². The van der Waals surface area contributed by atoms with Crippen LogP contribution in [-0.4, -0.2) is 67.9 Å². The number of pyridine rings is 1. The van der Waals surface area contributed by atoms with Gasteiger partial charge < -0.3 is 24.1 Å². The third-order valence-corrected chi connectivity index (χ3v) is 15.7. The van der Waals surface area contributed by atoms with E-state index in [-0.39, 0.29) is 22.3 Å². The SMILES string of the molecule is CC[Si](CC)(OCCc1c(-n2ccc(N3CCN(Cc4ccc(OC)cc4)C3=O)n2)cc(C)nc1Nc1ccc(OC)cc1C(F)F)C(C)(C)C. The summed E-state index contributed by atoms with van der Waals surface area (Å²) >= 11 is 0. The number of methoxy groups -OCH3 is 2. The molecule has 1 N–H and O–H groups in total. The van der Waals surface area contributed by atoms with Crippen LogP contribution >= 0.6 is 0 Å². The summed E-state index contributed by atoms with van der Waals surface area (Å²) in [4.78, 5) is 21.8. The fraction of sp³-hybridized carbons (Fsp3) is 0.447. The smallest absolute Gasteiger partial charge is 0.326 e. The lowest BCUT2D eigenvalue weighted by atomic mass is 10.1. The number of aryl methyl sites for hydroxylation is 1. The number of nitrogens with one attached hydrogen (secondary N) is 1. The van der Waals surface area contributed by atoms with Gasteiger partial charge in [-0.1, -0.05) is 46.8 Å².